The van der Waals surface area contributed by atoms with Crippen LogP contribution in [0.3, 0.4) is 0 Å². The maximum absolute atomic E-state index is 12.8. The Morgan fingerprint density at radius 2 is 1.91 bits per heavy atom. The van der Waals surface area contributed by atoms with Crippen molar-refractivity contribution >= 4 is 22.5 Å². The molecule has 0 amide bonds. The maximum atomic E-state index is 12.8. The van der Waals surface area contributed by atoms with E-state index < -0.39 is 5.79 Å². The summed E-state index contributed by atoms with van der Waals surface area (Å²) in [4.78, 5) is 12.8. The van der Waals surface area contributed by atoms with Gasteiger partial charge in [0.05, 0.1) is 18.7 Å². The molecule has 1 aliphatic heterocycles. The standard InChI is InChI=1S/C17H20N2O3/c18-14-1-2-15-13(11-14)5-8-19(15)16(20)12-3-6-17(7-4-12)21-9-10-22-17/h1-2,5,8,11-12H,3-4,6-7,9-10,18H2. The molecule has 22 heavy (non-hydrogen) atoms. The molecule has 5 heteroatoms. The highest BCUT2D eigenvalue weighted by atomic mass is 16.7. The molecular weight excluding hydrogens is 280 g/mol. The van der Waals surface area contributed by atoms with Crippen molar-refractivity contribution < 1.29 is 14.3 Å². The van der Waals surface area contributed by atoms with Crippen LogP contribution in [0.2, 0.25) is 0 Å². The number of ether oxygens (including phenoxy) is 2. The van der Waals surface area contributed by atoms with Gasteiger partial charge < -0.3 is 15.2 Å². The van der Waals surface area contributed by atoms with Crippen molar-refractivity contribution in [3.8, 4) is 0 Å². The summed E-state index contributed by atoms with van der Waals surface area (Å²) < 4.78 is 13.2. The fourth-order valence-corrected chi connectivity index (χ4v) is 3.64. The number of aromatic nitrogens is 1. The lowest BCUT2D eigenvalue weighted by molar-refractivity contribution is -0.180. The average molecular weight is 300 g/mol. The molecule has 0 radical (unpaired) electrons. The van der Waals surface area contributed by atoms with Gasteiger partial charge in [-0.15, -0.1) is 0 Å². The van der Waals surface area contributed by atoms with E-state index in [9.17, 15) is 4.79 Å². The number of carbonyl (C=O) groups excluding carboxylic acids is 1. The van der Waals surface area contributed by atoms with Gasteiger partial charge in [-0.3, -0.25) is 9.36 Å². The zero-order chi connectivity index (χ0) is 15.2. The first-order valence-electron chi connectivity index (χ1n) is 7.86. The fraction of sp³-hybridized carbons (Fsp3) is 0.471. The topological polar surface area (TPSA) is 66.5 Å². The number of hydrogen-bond donors (Lipinski definition) is 1. The third-order valence-electron chi connectivity index (χ3n) is 4.86. The van der Waals surface area contributed by atoms with Gasteiger partial charge >= 0.3 is 0 Å². The fourth-order valence-electron chi connectivity index (χ4n) is 3.64. The molecule has 1 saturated carbocycles. The number of rotatable bonds is 1. The minimum absolute atomic E-state index is 0.0339. The first-order chi connectivity index (χ1) is 10.7. The van der Waals surface area contributed by atoms with Crippen LogP contribution in [0, 0.1) is 5.92 Å². The molecule has 2 aliphatic rings. The highest BCUT2D eigenvalue weighted by molar-refractivity contribution is 5.94. The van der Waals surface area contributed by atoms with Crippen molar-refractivity contribution in [2.45, 2.75) is 31.5 Å². The van der Waals surface area contributed by atoms with Gasteiger partial charge in [0.15, 0.2) is 5.79 Å². The molecule has 5 nitrogen and oxygen atoms in total. The summed E-state index contributed by atoms with van der Waals surface area (Å²) in [6.45, 7) is 1.34. The number of anilines is 1. The molecule has 116 valence electrons. The van der Waals surface area contributed by atoms with E-state index in [1.54, 1.807) is 4.57 Å². The van der Waals surface area contributed by atoms with Gasteiger partial charge in [-0.2, -0.15) is 0 Å². The summed E-state index contributed by atoms with van der Waals surface area (Å²) in [6.07, 6.45) is 5.07. The van der Waals surface area contributed by atoms with E-state index in [-0.39, 0.29) is 11.8 Å². The lowest BCUT2D eigenvalue weighted by atomic mass is 9.84. The molecule has 1 aromatic heterocycles. The first kappa shape index (κ1) is 13.8. The quantitative estimate of drug-likeness (QED) is 0.822. The summed E-state index contributed by atoms with van der Waals surface area (Å²) in [5.74, 6) is -0.219. The number of fused-ring (bicyclic) bond motifs is 1. The van der Waals surface area contributed by atoms with E-state index in [4.69, 9.17) is 15.2 Å². The van der Waals surface area contributed by atoms with Crippen molar-refractivity contribution in [2.75, 3.05) is 18.9 Å². The Labute approximate surface area is 129 Å². The molecule has 0 bridgehead atoms. The maximum Gasteiger partial charge on any atom is 0.234 e. The van der Waals surface area contributed by atoms with Gasteiger partial charge in [0, 0.05) is 36.0 Å². The number of nitrogens with zero attached hydrogens (tertiary/aromatic N) is 1. The molecule has 1 saturated heterocycles. The Hall–Kier alpha value is -1.85. The van der Waals surface area contributed by atoms with Gasteiger partial charge in [0.25, 0.3) is 0 Å². The van der Waals surface area contributed by atoms with Crippen LogP contribution in [-0.2, 0) is 9.47 Å². The third-order valence-corrected chi connectivity index (χ3v) is 4.86. The second-order valence-corrected chi connectivity index (χ2v) is 6.22. The molecule has 1 aliphatic carbocycles. The lowest BCUT2D eigenvalue weighted by Gasteiger charge is -2.34. The van der Waals surface area contributed by atoms with E-state index in [1.807, 2.05) is 30.5 Å². The number of hydrogen-bond acceptors (Lipinski definition) is 4. The minimum Gasteiger partial charge on any atom is -0.399 e. The molecule has 2 N–H and O–H groups in total. The zero-order valence-electron chi connectivity index (χ0n) is 12.5. The summed E-state index contributed by atoms with van der Waals surface area (Å²) in [5, 5.41) is 1.00. The van der Waals surface area contributed by atoms with Crippen LogP contribution in [0.25, 0.3) is 10.9 Å². The minimum atomic E-state index is -0.413. The molecule has 2 heterocycles. The molecule has 1 spiro atoms. The van der Waals surface area contributed by atoms with Crippen molar-refractivity contribution in [1.82, 2.24) is 4.57 Å². The monoisotopic (exact) mass is 300 g/mol. The number of benzene rings is 1. The van der Waals surface area contributed by atoms with Gasteiger partial charge in [-0.05, 0) is 37.1 Å². The van der Waals surface area contributed by atoms with Crippen LogP contribution < -0.4 is 5.73 Å². The predicted molar refractivity (Wildman–Crippen MR) is 83.6 cm³/mol. The molecular formula is C17H20N2O3. The molecule has 2 aromatic rings. The molecule has 0 unspecified atom stereocenters. The zero-order valence-corrected chi connectivity index (χ0v) is 12.5. The van der Waals surface area contributed by atoms with Crippen LogP contribution in [0.4, 0.5) is 5.69 Å². The summed E-state index contributed by atoms with van der Waals surface area (Å²) in [6, 6.07) is 7.59. The van der Waals surface area contributed by atoms with E-state index in [2.05, 4.69) is 0 Å². The van der Waals surface area contributed by atoms with Crippen LogP contribution in [-0.4, -0.2) is 29.5 Å². The van der Waals surface area contributed by atoms with Gasteiger partial charge in [-0.1, -0.05) is 0 Å². The molecule has 2 fully saturated rings. The van der Waals surface area contributed by atoms with E-state index in [0.29, 0.717) is 18.9 Å². The summed E-state index contributed by atoms with van der Waals surface area (Å²) >= 11 is 0. The van der Waals surface area contributed by atoms with Crippen molar-refractivity contribution in [1.29, 1.82) is 0 Å². The number of nitrogens with two attached hydrogens (primary N) is 1. The Morgan fingerprint density at radius 3 is 2.64 bits per heavy atom. The Balaban J connectivity index is 1.54. The second kappa shape index (κ2) is 5.11. The summed E-state index contributed by atoms with van der Waals surface area (Å²) in [7, 11) is 0. The predicted octanol–water partition coefficient (Wildman–Crippen LogP) is 2.80. The van der Waals surface area contributed by atoms with Crippen molar-refractivity contribution in [3.05, 3.63) is 30.5 Å². The van der Waals surface area contributed by atoms with E-state index in [1.165, 1.54) is 0 Å². The Morgan fingerprint density at radius 1 is 1.18 bits per heavy atom. The second-order valence-electron chi connectivity index (χ2n) is 6.22. The van der Waals surface area contributed by atoms with Crippen LogP contribution in [0.15, 0.2) is 30.5 Å². The van der Waals surface area contributed by atoms with E-state index >= 15 is 0 Å². The molecule has 1 aromatic carbocycles. The van der Waals surface area contributed by atoms with Gasteiger partial charge in [-0.25, -0.2) is 0 Å². The van der Waals surface area contributed by atoms with E-state index in [0.717, 1.165) is 36.6 Å². The van der Waals surface area contributed by atoms with Gasteiger partial charge in [0.2, 0.25) is 5.91 Å². The SMILES string of the molecule is Nc1ccc2c(ccn2C(=O)C2CCC3(CC2)OCCO3)c1. The Bertz CT molecular complexity index is 706. The van der Waals surface area contributed by atoms with Crippen molar-refractivity contribution in [3.63, 3.8) is 0 Å². The van der Waals surface area contributed by atoms with Crippen LogP contribution in [0.5, 0.6) is 0 Å². The lowest BCUT2D eigenvalue weighted by Crippen LogP contribution is -2.38. The van der Waals surface area contributed by atoms with Crippen molar-refractivity contribution in [2.24, 2.45) is 5.92 Å². The highest BCUT2D eigenvalue weighted by Gasteiger charge is 2.42. The van der Waals surface area contributed by atoms with Crippen LogP contribution in [0.1, 0.15) is 30.5 Å². The number of carbonyl (C=O) groups is 1. The normalized spacial score (nSPS) is 21.6. The smallest absolute Gasteiger partial charge is 0.234 e. The number of nitrogen functional groups attached to an aromatic ring is 1. The van der Waals surface area contributed by atoms with Crippen LogP contribution >= 0.6 is 0 Å². The molecule has 0 atom stereocenters. The first-order valence-corrected chi connectivity index (χ1v) is 7.86. The summed E-state index contributed by atoms with van der Waals surface area (Å²) in [5.41, 5.74) is 7.44. The largest absolute Gasteiger partial charge is 0.399 e. The van der Waals surface area contributed by atoms with Gasteiger partial charge in [0.1, 0.15) is 0 Å². The molecule has 4 rings (SSSR count). The highest BCUT2D eigenvalue weighted by Crippen LogP contribution is 2.39. The average Bonchev–Trinajstić information content (AvgIpc) is 3.14. The third kappa shape index (κ3) is 2.21. The Kier molecular flexibility index (Phi) is 3.20.